The molecule has 0 aliphatic carbocycles. The third-order valence-corrected chi connectivity index (χ3v) is 4.69. The molecular weight excluding hydrogens is 332 g/mol. The van der Waals surface area contributed by atoms with Crippen LogP contribution in [0, 0.1) is 5.92 Å². The van der Waals surface area contributed by atoms with Gasteiger partial charge in [-0.15, -0.1) is 0 Å². The quantitative estimate of drug-likeness (QED) is 0.722. The summed E-state index contributed by atoms with van der Waals surface area (Å²) in [6.45, 7) is 7.18. The molecule has 1 fully saturated rings. The number of Topliss-reactive ketones (excluding diaryl/α,β-unsaturated/α-hetero) is 1. The Kier molecular flexibility index (Phi) is 6.58. The van der Waals surface area contributed by atoms with Gasteiger partial charge in [0, 0.05) is 13.5 Å². The Morgan fingerprint density at radius 2 is 1.92 bits per heavy atom. The van der Waals surface area contributed by atoms with E-state index in [0.29, 0.717) is 12.8 Å². The first-order valence-corrected chi connectivity index (χ1v) is 9.16. The summed E-state index contributed by atoms with van der Waals surface area (Å²) in [7, 11) is 1.48. The lowest BCUT2D eigenvalue weighted by Crippen LogP contribution is -2.54. The fraction of sp³-hybridized carbons (Fsp3) is 0.619. The molecule has 3 atom stereocenters. The van der Waals surface area contributed by atoms with Crippen molar-refractivity contribution in [3.8, 4) is 0 Å². The van der Waals surface area contributed by atoms with Crippen molar-refractivity contribution in [2.75, 3.05) is 7.11 Å². The fourth-order valence-electron chi connectivity index (χ4n) is 3.28. The second-order valence-electron chi connectivity index (χ2n) is 7.94. The standard InChI is InChI=1S/C21H30O5/c1-15-18(22)13-17(12-11-16-9-7-6-8-10-16)25-21(15,24-5)14-19(23)26-20(2,3)4/h6-10,15,17H,11-14H2,1-5H3. The van der Waals surface area contributed by atoms with Crippen LogP contribution in [-0.2, 0) is 30.2 Å². The van der Waals surface area contributed by atoms with Gasteiger partial charge in [-0.2, -0.15) is 0 Å². The van der Waals surface area contributed by atoms with Gasteiger partial charge in [0.1, 0.15) is 17.8 Å². The van der Waals surface area contributed by atoms with E-state index in [9.17, 15) is 9.59 Å². The monoisotopic (exact) mass is 362 g/mol. The number of esters is 1. The maximum atomic E-state index is 12.5. The minimum absolute atomic E-state index is 0.0553. The Morgan fingerprint density at radius 1 is 1.27 bits per heavy atom. The van der Waals surface area contributed by atoms with E-state index in [2.05, 4.69) is 12.1 Å². The number of methoxy groups -OCH3 is 1. The normalized spacial score (nSPS) is 26.6. The zero-order valence-electron chi connectivity index (χ0n) is 16.4. The van der Waals surface area contributed by atoms with Gasteiger partial charge in [-0.3, -0.25) is 9.59 Å². The Hall–Kier alpha value is -1.72. The lowest BCUT2D eigenvalue weighted by molar-refractivity contribution is -0.285. The van der Waals surface area contributed by atoms with Crippen LogP contribution in [0.3, 0.4) is 0 Å². The highest BCUT2D eigenvalue weighted by molar-refractivity contribution is 5.84. The number of ether oxygens (including phenoxy) is 3. The molecule has 3 unspecified atom stereocenters. The van der Waals surface area contributed by atoms with Gasteiger partial charge >= 0.3 is 5.97 Å². The molecule has 0 bridgehead atoms. The zero-order valence-corrected chi connectivity index (χ0v) is 16.4. The first-order chi connectivity index (χ1) is 12.1. The maximum absolute atomic E-state index is 12.5. The molecule has 1 aliphatic heterocycles. The van der Waals surface area contributed by atoms with E-state index < -0.39 is 23.3 Å². The van der Waals surface area contributed by atoms with Crippen molar-refractivity contribution in [1.29, 1.82) is 0 Å². The highest BCUT2D eigenvalue weighted by Crippen LogP contribution is 2.37. The Labute approximate surface area is 156 Å². The third-order valence-electron chi connectivity index (χ3n) is 4.69. The third kappa shape index (κ3) is 5.39. The Morgan fingerprint density at radius 3 is 2.50 bits per heavy atom. The summed E-state index contributed by atoms with van der Waals surface area (Å²) in [5, 5.41) is 0. The molecule has 0 radical (unpaired) electrons. The number of carbonyl (C=O) groups excluding carboxylic acids is 2. The lowest BCUT2D eigenvalue weighted by atomic mass is 9.85. The van der Waals surface area contributed by atoms with Gasteiger partial charge in [-0.05, 0) is 39.2 Å². The van der Waals surface area contributed by atoms with E-state index in [0.717, 1.165) is 6.42 Å². The van der Waals surface area contributed by atoms with Crippen molar-refractivity contribution in [1.82, 2.24) is 0 Å². The number of hydrogen-bond donors (Lipinski definition) is 0. The van der Waals surface area contributed by atoms with E-state index in [4.69, 9.17) is 14.2 Å². The van der Waals surface area contributed by atoms with Crippen LogP contribution in [0.5, 0.6) is 0 Å². The molecule has 5 heteroatoms. The summed E-state index contributed by atoms with van der Waals surface area (Å²) >= 11 is 0. The molecule has 144 valence electrons. The molecule has 2 rings (SSSR count). The topological polar surface area (TPSA) is 61.8 Å². The Balaban J connectivity index is 2.08. The average molecular weight is 362 g/mol. The second-order valence-corrected chi connectivity index (χ2v) is 7.94. The summed E-state index contributed by atoms with van der Waals surface area (Å²) < 4.78 is 17.2. The number of ketones is 1. The number of carbonyl (C=O) groups is 2. The van der Waals surface area contributed by atoms with Crippen LogP contribution < -0.4 is 0 Å². The van der Waals surface area contributed by atoms with Gasteiger partial charge < -0.3 is 14.2 Å². The van der Waals surface area contributed by atoms with E-state index in [1.165, 1.54) is 12.7 Å². The zero-order chi connectivity index (χ0) is 19.4. The van der Waals surface area contributed by atoms with Gasteiger partial charge in [0.15, 0.2) is 5.79 Å². The molecule has 0 aromatic heterocycles. The summed E-state index contributed by atoms with van der Waals surface area (Å²) in [6, 6.07) is 10.1. The van der Waals surface area contributed by atoms with Crippen molar-refractivity contribution in [3.05, 3.63) is 35.9 Å². The Bertz CT molecular complexity index is 619. The number of benzene rings is 1. The maximum Gasteiger partial charge on any atom is 0.311 e. The van der Waals surface area contributed by atoms with E-state index in [-0.39, 0.29) is 18.3 Å². The van der Waals surface area contributed by atoms with Crippen molar-refractivity contribution in [2.45, 2.75) is 70.9 Å². The first kappa shape index (κ1) is 20.6. The molecule has 1 aromatic carbocycles. The van der Waals surface area contributed by atoms with Crippen LogP contribution >= 0.6 is 0 Å². The molecule has 0 amide bonds. The van der Waals surface area contributed by atoms with E-state index in [1.54, 1.807) is 6.92 Å². The second kappa shape index (κ2) is 8.31. The van der Waals surface area contributed by atoms with Gasteiger partial charge in [-0.25, -0.2) is 0 Å². The minimum atomic E-state index is -1.26. The highest BCUT2D eigenvalue weighted by atomic mass is 16.7. The van der Waals surface area contributed by atoms with Crippen LogP contribution in [-0.4, -0.2) is 36.4 Å². The van der Waals surface area contributed by atoms with Crippen molar-refractivity contribution in [3.63, 3.8) is 0 Å². The van der Waals surface area contributed by atoms with Crippen molar-refractivity contribution < 1.29 is 23.8 Å². The molecule has 1 heterocycles. The fourth-order valence-corrected chi connectivity index (χ4v) is 3.28. The van der Waals surface area contributed by atoms with E-state index >= 15 is 0 Å². The van der Waals surface area contributed by atoms with Crippen LogP contribution in [0.25, 0.3) is 0 Å². The van der Waals surface area contributed by atoms with Crippen LogP contribution in [0.1, 0.15) is 52.5 Å². The van der Waals surface area contributed by atoms with Gasteiger partial charge in [0.2, 0.25) is 0 Å². The molecule has 1 aliphatic rings. The molecule has 1 aromatic rings. The summed E-state index contributed by atoms with van der Waals surface area (Å²) in [5.41, 5.74) is 0.595. The highest BCUT2D eigenvalue weighted by Gasteiger charge is 2.49. The average Bonchev–Trinajstić information content (AvgIpc) is 2.56. The minimum Gasteiger partial charge on any atom is -0.460 e. The summed E-state index contributed by atoms with van der Waals surface area (Å²) in [6.07, 6.45) is 1.46. The van der Waals surface area contributed by atoms with Gasteiger partial charge in [0.25, 0.3) is 0 Å². The van der Waals surface area contributed by atoms with Gasteiger partial charge in [-0.1, -0.05) is 37.3 Å². The number of hydrogen-bond acceptors (Lipinski definition) is 5. The largest absolute Gasteiger partial charge is 0.460 e. The SMILES string of the molecule is COC1(CC(=O)OC(C)(C)C)OC(CCc2ccccc2)CC(=O)C1C. The smallest absolute Gasteiger partial charge is 0.311 e. The summed E-state index contributed by atoms with van der Waals surface area (Å²) in [4.78, 5) is 24.9. The number of rotatable bonds is 6. The predicted octanol–water partition coefficient (Wildman–Crippen LogP) is 3.69. The molecule has 26 heavy (non-hydrogen) atoms. The van der Waals surface area contributed by atoms with Crippen molar-refractivity contribution >= 4 is 11.8 Å². The molecule has 0 spiro atoms. The van der Waals surface area contributed by atoms with Crippen LogP contribution in [0.2, 0.25) is 0 Å². The van der Waals surface area contributed by atoms with Crippen LogP contribution in [0.15, 0.2) is 30.3 Å². The number of aryl methyl sites for hydroxylation is 1. The molecular formula is C21H30O5. The first-order valence-electron chi connectivity index (χ1n) is 9.16. The molecule has 0 N–H and O–H groups in total. The molecule has 1 saturated heterocycles. The predicted molar refractivity (Wildman–Crippen MR) is 98.6 cm³/mol. The van der Waals surface area contributed by atoms with Crippen LogP contribution in [0.4, 0.5) is 0 Å². The molecule has 0 saturated carbocycles. The van der Waals surface area contributed by atoms with E-state index in [1.807, 2.05) is 39.0 Å². The van der Waals surface area contributed by atoms with Crippen molar-refractivity contribution in [2.24, 2.45) is 5.92 Å². The molecule has 5 nitrogen and oxygen atoms in total. The van der Waals surface area contributed by atoms with Gasteiger partial charge in [0.05, 0.1) is 12.0 Å². The summed E-state index contributed by atoms with van der Waals surface area (Å²) in [5.74, 6) is -2.16. The lowest BCUT2D eigenvalue weighted by Gasteiger charge is -2.43.